The Morgan fingerprint density at radius 2 is 0.600 bits per heavy atom. The summed E-state index contributed by atoms with van der Waals surface area (Å²) in [6, 6.07) is 0. The number of aliphatic hydroxyl groups is 2. The fourth-order valence-electron chi connectivity index (χ4n) is 6.32. The molecule has 0 aromatic rings. The van der Waals surface area contributed by atoms with E-state index in [9.17, 15) is 19.8 Å². The second-order valence-corrected chi connectivity index (χ2v) is 13.5. The van der Waals surface area contributed by atoms with Crippen LogP contribution >= 0.6 is 0 Å². The minimum atomic E-state index is -0.0390. The second kappa shape index (κ2) is 35.7. The highest BCUT2D eigenvalue weighted by Crippen LogP contribution is 2.15. The number of amides is 2. The minimum Gasteiger partial charge on any atom is -0.395 e. The van der Waals surface area contributed by atoms with Gasteiger partial charge in [0.05, 0.1) is 13.2 Å². The number of hydrogen-bond acceptors (Lipinski definition) is 4. The molecule has 0 rings (SSSR count). The maximum Gasteiger partial charge on any atom is 0.222 e. The lowest BCUT2D eigenvalue weighted by Gasteiger charge is -2.25. The van der Waals surface area contributed by atoms with Crippen LogP contribution in [0, 0.1) is 0 Å². The van der Waals surface area contributed by atoms with E-state index in [0.29, 0.717) is 45.4 Å². The molecule has 268 valence electrons. The summed E-state index contributed by atoms with van der Waals surface area (Å²) >= 11 is 0. The molecular weight excluding hydrogens is 560 g/mol. The monoisotopic (exact) mass is 639 g/mol. The van der Waals surface area contributed by atoms with E-state index >= 15 is 0 Å². The lowest BCUT2D eigenvalue weighted by atomic mass is 10.0. The first kappa shape index (κ1) is 43.9. The number of unbranched alkanes of at least 4 members (excludes halogenated alkanes) is 24. The summed E-state index contributed by atoms with van der Waals surface area (Å²) in [4.78, 5) is 29.1. The van der Waals surface area contributed by atoms with Gasteiger partial charge < -0.3 is 20.0 Å². The van der Waals surface area contributed by atoms with Crippen molar-refractivity contribution < 1.29 is 19.8 Å². The number of hydrogen-bond donors (Lipinski definition) is 2. The summed E-state index contributed by atoms with van der Waals surface area (Å²) in [6.07, 6.45) is 35.2. The predicted octanol–water partition coefficient (Wildman–Crippen LogP) is 9.98. The van der Waals surface area contributed by atoms with Crippen molar-refractivity contribution in [2.75, 3.05) is 39.4 Å². The van der Waals surface area contributed by atoms with Crippen molar-refractivity contribution in [1.29, 1.82) is 0 Å². The molecule has 0 bridgehead atoms. The van der Waals surface area contributed by atoms with E-state index in [0.717, 1.165) is 25.7 Å². The smallest absolute Gasteiger partial charge is 0.222 e. The second-order valence-electron chi connectivity index (χ2n) is 13.5. The maximum absolute atomic E-state index is 12.8. The van der Waals surface area contributed by atoms with E-state index in [1.54, 1.807) is 9.80 Å². The van der Waals surface area contributed by atoms with Crippen molar-refractivity contribution in [2.24, 2.45) is 0 Å². The molecule has 0 aliphatic heterocycles. The number of aliphatic hydroxyl groups excluding tert-OH is 2. The Hall–Kier alpha value is -1.14. The third-order valence-electron chi connectivity index (χ3n) is 9.29. The first-order valence-corrected chi connectivity index (χ1v) is 19.9. The summed E-state index contributed by atoms with van der Waals surface area (Å²) in [5.41, 5.74) is 0. The molecular formula is C39H78N2O4. The zero-order valence-electron chi connectivity index (χ0n) is 30.4. The summed E-state index contributed by atoms with van der Waals surface area (Å²) in [7, 11) is 0. The van der Waals surface area contributed by atoms with Gasteiger partial charge in [-0.15, -0.1) is 0 Å². The topological polar surface area (TPSA) is 81.1 Å². The van der Waals surface area contributed by atoms with Crippen LogP contribution in [-0.4, -0.2) is 71.2 Å². The summed E-state index contributed by atoms with van der Waals surface area (Å²) in [6.45, 7) is 6.25. The average Bonchev–Trinajstić information content (AvgIpc) is 3.04. The van der Waals surface area contributed by atoms with Gasteiger partial charge in [-0.2, -0.15) is 0 Å². The highest BCUT2D eigenvalue weighted by molar-refractivity contribution is 5.76. The van der Waals surface area contributed by atoms with Gasteiger partial charge in [-0.25, -0.2) is 0 Å². The molecule has 0 radical (unpaired) electrons. The third-order valence-corrected chi connectivity index (χ3v) is 9.29. The van der Waals surface area contributed by atoms with E-state index in [-0.39, 0.29) is 25.0 Å². The highest BCUT2D eigenvalue weighted by atomic mass is 16.3. The SMILES string of the molecule is CCCCCCCCCCCCCCCC(=O)N(CCO)CCCN(CCO)C(=O)CCCCCCCCCCCCCCC. The van der Waals surface area contributed by atoms with Gasteiger partial charge in [0, 0.05) is 39.0 Å². The molecule has 0 saturated carbocycles. The van der Waals surface area contributed by atoms with Gasteiger partial charge in [0.1, 0.15) is 0 Å². The van der Waals surface area contributed by atoms with Crippen LogP contribution in [0.5, 0.6) is 0 Å². The average molecular weight is 639 g/mol. The van der Waals surface area contributed by atoms with Gasteiger partial charge in [-0.1, -0.05) is 168 Å². The number of rotatable bonds is 36. The molecule has 0 aliphatic carbocycles. The molecule has 0 heterocycles. The van der Waals surface area contributed by atoms with Crippen LogP contribution in [0.25, 0.3) is 0 Å². The normalized spacial score (nSPS) is 11.3. The molecule has 0 saturated heterocycles. The van der Waals surface area contributed by atoms with Crippen molar-refractivity contribution >= 4 is 11.8 Å². The Morgan fingerprint density at radius 3 is 0.844 bits per heavy atom. The summed E-state index contributed by atoms with van der Waals surface area (Å²) in [5.74, 6) is 0.221. The van der Waals surface area contributed by atoms with E-state index in [1.165, 1.54) is 141 Å². The van der Waals surface area contributed by atoms with Crippen LogP contribution in [0.2, 0.25) is 0 Å². The summed E-state index contributed by atoms with van der Waals surface area (Å²) in [5, 5.41) is 19.0. The minimum absolute atomic E-state index is 0.0390. The van der Waals surface area contributed by atoms with Crippen molar-refractivity contribution in [1.82, 2.24) is 9.80 Å². The largest absolute Gasteiger partial charge is 0.395 e. The highest BCUT2D eigenvalue weighted by Gasteiger charge is 2.16. The van der Waals surface area contributed by atoms with Gasteiger partial charge in [0.15, 0.2) is 0 Å². The molecule has 0 atom stereocenters. The quantitative estimate of drug-likeness (QED) is 0.0669. The van der Waals surface area contributed by atoms with Gasteiger partial charge >= 0.3 is 0 Å². The number of nitrogens with zero attached hydrogens (tertiary/aromatic N) is 2. The number of carbonyl (C=O) groups is 2. The lowest BCUT2D eigenvalue weighted by Crippen LogP contribution is -2.38. The summed E-state index contributed by atoms with van der Waals surface area (Å²) < 4.78 is 0. The van der Waals surface area contributed by atoms with Gasteiger partial charge in [0.2, 0.25) is 11.8 Å². The molecule has 2 amide bonds. The third kappa shape index (κ3) is 30.0. The van der Waals surface area contributed by atoms with Crippen molar-refractivity contribution in [3.8, 4) is 0 Å². The van der Waals surface area contributed by atoms with Crippen molar-refractivity contribution in [2.45, 2.75) is 200 Å². The van der Waals surface area contributed by atoms with Crippen LogP contribution in [0.1, 0.15) is 200 Å². The Kier molecular flexibility index (Phi) is 34.8. The molecule has 6 heteroatoms. The Labute approximate surface area is 280 Å². The molecule has 2 N–H and O–H groups in total. The first-order valence-electron chi connectivity index (χ1n) is 19.9. The van der Waals surface area contributed by atoms with Crippen LogP contribution in [0.4, 0.5) is 0 Å². The van der Waals surface area contributed by atoms with Gasteiger partial charge in [-0.3, -0.25) is 9.59 Å². The first-order chi connectivity index (χ1) is 22.1. The van der Waals surface area contributed by atoms with Crippen molar-refractivity contribution in [3.05, 3.63) is 0 Å². The number of carbonyl (C=O) groups excluding carboxylic acids is 2. The lowest BCUT2D eigenvalue weighted by molar-refractivity contribution is -0.132. The van der Waals surface area contributed by atoms with E-state index in [1.807, 2.05) is 0 Å². The molecule has 0 aliphatic rings. The Balaban J connectivity index is 3.97. The van der Waals surface area contributed by atoms with Gasteiger partial charge in [0.25, 0.3) is 0 Å². The predicted molar refractivity (Wildman–Crippen MR) is 193 cm³/mol. The van der Waals surface area contributed by atoms with Crippen LogP contribution < -0.4 is 0 Å². The van der Waals surface area contributed by atoms with Gasteiger partial charge in [-0.05, 0) is 19.3 Å². The van der Waals surface area contributed by atoms with E-state index < -0.39 is 0 Å². The fourth-order valence-corrected chi connectivity index (χ4v) is 6.32. The Morgan fingerprint density at radius 1 is 0.356 bits per heavy atom. The zero-order valence-corrected chi connectivity index (χ0v) is 30.4. The zero-order chi connectivity index (χ0) is 33.1. The molecule has 0 unspecified atom stereocenters. The van der Waals surface area contributed by atoms with Crippen molar-refractivity contribution in [3.63, 3.8) is 0 Å². The van der Waals surface area contributed by atoms with Crippen LogP contribution in [0.15, 0.2) is 0 Å². The van der Waals surface area contributed by atoms with Crippen LogP contribution in [0.3, 0.4) is 0 Å². The molecule has 0 aromatic carbocycles. The van der Waals surface area contributed by atoms with E-state index in [4.69, 9.17) is 0 Å². The van der Waals surface area contributed by atoms with E-state index in [2.05, 4.69) is 13.8 Å². The Bertz CT molecular complexity index is 578. The fraction of sp³-hybridized carbons (Fsp3) is 0.949. The standard InChI is InChI=1S/C39H78N2O4/c1-3-5-7-9-11-13-15-17-19-21-23-25-27-30-38(44)40(34-36-42)32-29-33-41(35-37-43)39(45)31-28-26-24-22-20-18-16-14-12-10-8-6-4-2/h42-43H,3-37H2,1-2H3. The molecule has 0 spiro atoms. The molecule has 0 aromatic heterocycles. The molecule has 45 heavy (non-hydrogen) atoms. The molecule has 6 nitrogen and oxygen atoms in total. The maximum atomic E-state index is 12.8. The van der Waals surface area contributed by atoms with Crippen LogP contribution in [-0.2, 0) is 9.59 Å². The molecule has 0 fully saturated rings.